The first-order valence-corrected chi connectivity index (χ1v) is 12.7. The predicted molar refractivity (Wildman–Crippen MR) is 134 cm³/mol. The van der Waals surface area contributed by atoms with Gasteiger partial charge in [-0.2, -0.15) is 0 Å². The Morgan fingerprint density at radius 3 is 1.33 bits per heavy atom. The molecular weight excluding hydrogens is 594 g/mol. The van der Waals surface area contributed by atoms with Gasteiger partial charge in [0.2, 0.25) is 11.6 Å². The van der Waals surface area contributed by atoms with E-state index in [2.05, 4.69) is 9.97 Å². The molecule has 0 radical (unpaired) electrons. The maximum atomic E-state index is 14.6. The van der Waals surface area contributed by atoms with Gasteiger partial charge in [-0.25, -0.2) is 43.9 Å². The zero-order valence-corrected chi connectivity index (χ0v) is 22.3. The van der Waals surface area contributed by atoms with E-state index in [1.165, 1.54) is 35.2 Å². The predicted octanol–water partition coefficient (Wildman–Crippen LogP) is 6.96. The standard InChI is InChI=1S/C29H22F10N4/c1-15(43(12-17-7-3-5-9-41-17)14-19-22(32)26(36)29(39)27(37)23(19)33)10-42(11-16-6-2-4-8-40-16)13-18-20(30)24(34)28(38)25(35)21(18)31/h2-9,15H,10-14H2,1H3/t15-/m0/s1. The molecule has 2 aromatic heterocycles. The lowest BCUT2D eigenvalue weighted by Crippen LogP contribution is -2.42. The van der Waals surface area contributed by atoms with Crippen molar-refractivity contribution < 1.29 is 43.9 Å². The van der Waals surface area contributed by atoms with Crippen LogP contribution >= 0.6 is 0 Å². The van der Waals surface area contributed by atoms with Crippen molar-refractivity contribution in [3.05, 3.63) is 129 Å². The summed E-state index contributed by atoms with van der Waals surface area (Å²) in [6, 6.07) is 8.55. The van der Waals surface area contributed by atoms with E-state index in [4.69, 9.17) is 0 Å². The van der Waals surface area contributed by atoms with Gasteiger partial charge in [0, 0.05) is 62.3 Å². The molecule has 0 N–H and O–H groups in total. The van der Waals surface area contributed by atoms with Crippen LogP contribution in [0.5, 0.6) is 0 Å². The monoisotopic (exact) mass is 616 g/mol. The summed E-state index contributed by atoms with van der Waals surface area (Å²) in [7, 11) is 0. The summed E-state index contributed by atoms with van der Waals surface area (Å²) >= 11 is 0. The van der Waals surface area contributed by atoms with Crippen LogP contribution in [-0.2, 0) is 26.2 Å². The first-order valence-electron chi connectivity index (χ1n) is 12.7. The third kappa shape index (κ3) is 6.96. The highest BCUT2D eigenvalue weighted by molar-refractivity contribution is 5.25. The van der Waals surface area contributed by atoms with Gasteiger partial charge in [0.15, 0.2) is 46.5 Å². The van der Waals surface area contributed by atoms with Crippen molar-refractivity contribution >= 4 is 0 Å². The third-order valence-electron chi connectivity index (χ3n) is 6.69. The molecular formula is C29H22F10N4. The molecule has 0 saturated heterocycles. The summed E-state index contributed by atoms with van der Waals surface area (Å²) in [5, 5.41) is 0. The molecule has 0 aliphatic carbocycles. The summed E-state index contributed by atoms with van der Waals surface area (Å²) in [6.45, 7) is -0.751. The van der Waals surface area contributed by atoms with Crippen molar-refractivity contribution in [1.29, 1.82) is 0 Å². The fraction of sp³-hybridized carbons (Fsp3) is 0.241. The number of pyridine rings is 2. The number of hydrogen-bond acceptors (Lipinski definition) is 4. The number of benzene rings is 2. The van der Waals surface area contributed by atoms with E-state index in [1.807, 2.05) is 0 Å². The maximum Gasteiger partial charge on any atom is 0.200 e. The first kappa shape index (κ1) is 31.9. The van der Waals surface area contributed by atoms with Crippen molar-refractivity contribution in [3.63, 3.8) is 0 Å². The number of halogens is 10. The largest absolute Gasteiger partial charge is 0.291 e. The van der Waals surface area contributed by atoms with Gasteiger partial charge in [0.05, 0.1) is 11.4 Å². The van der Waals surface area contributed by atoms with Crippen LogP contribution in [-0.4, -0.2) is 32.4 Å². The normalized spacial score (nSPS) is 12.4. The summed E-state index contributed by atoms with van der Waals surface area (Å²) in [5.74, 6) is -21.4. The van der Waals surface area contributed by atoms with E-state index in [0.717, 1.165) is 0 Å². The fourth-order valence-electron chi connectivity index (χ4n) is 4.47. The Balaban J connectivity index is 1.72. The highest BCUT2D eigenvalue weighted by atomic mass is 19.2. The second kappa shape index (κ2) is 13.5. The van der Waals surface area contributed by atoms with Gasteiger partial charge in [-0.05, 0) is 31.2 Å². The Labute approximate surface area is 239 Å². The Hall–Kier alpha value is -4.04. The lowest BCUT2D eigenvalue weighted by Gasteiger charge is -2.34. The van der Waals surface area contributed by atoms with Crippen LogP contribution in [0.15, 0.2) is 48.8 Å². The van der Waals surface area contributed by atoms with E-state index in [-0.39, 0.29) is 19.6 Å². The van der Waals surface area contributed by atoms with Gasteiger partial charge in [-0.1, -0.05) is 12.1 Å². The Bertz CT molecular complexity index is 1530. The van der Waals surface area contributed by atoms with Crippen LogP contribution in [0, 0.1) is 58.2 Å². The van der Waals surface area contributed by atoms with Crippen molar-refractivity contribution in [1.82, 2.24) is 19.8 Å². The van der Waals surface area contributed by atoms with Gasteiger partial charge in [-0.3, -0.25) is 19.8 Å². The topological polar surface area (TPSA) is 32.3 Å². The SMILES string of the molecule is C[C@@H](CN(Cc1ccccn1)Cc1c(F)c(F)c(F)c(F)c1F)N(Cc1ccccn1)Cc1c(F)c(F)c(F)c(F)c1F. The van der Waals surface area contributed by atoms with Crippen LogP contribution in [0.1, 0.15) is 29.4 Å². The Morgan fingerprint density at radius 2 is 0.907 bits per heavy atom. The van der Waals surface area contributed by atoms with Crippen LogP contribution < -0.4 is 0 Å². The Kier molecular flexibility index (Phi) is 10.0. The number of hydrogen-bond donors (Lipinski definition) is 0. The van der Waals surface area contributed by atoms with Crippen LogP contribution in [0.25, 0.3) is 0 Å². The van der Waals surface area contributed by atoms with E-state index in [0.29, 0.717) is 11.4 Å². The van der Waals surface area contributed by atoms with Crippen molar-refractivity contribution in [3.8, 4) is 0 Å². The minimum absolute atomic E-state index is 0.176. The van der Waals surface area contributed by atoms with Crippen molar-refractivity contribution in [2.75, 3.05) is 6.54 Å². The zero-order valence-electron chi connectivity index (χ0n) is 22.3. The second-order valence-electron chi connectivity index (χ2n) is 9.66. The lowest BCUT2D eigenvalue weighted by atomic mass is 10.1. The second-order valence-corrected chi connectivity index (χ2v) is 9.66. The molecule has 0 fully saturated rings. The van der Waals surface area contributed by atoms with Crippen molar-refractivity contribution in [2.24, 2.45) is 0 Å². The van der Waals surface area contributed by atoms with Gasteiger partial charge in [-0.15, -0.1) is 0 Å². The molecule has 0 unspecified atom stereocenters. The highest BCUT2D eigenvalue weighted by Gasteiger charge is 2.31. The first-order chi connectivity index (χ1) is 20.4. The quantitative estimate of drug-likeness (QED) is 0.104. The summed E-state index contributed by atoms with van der Waals surface area (Å²) < 4.78 is 142. The molecule has 0 saturated carbocycles. The molecule has 0 bridgehead atoms. The van der Waals surface area contributed by atoms with Gasteiger partial charge >= 0.3 is 0 Å². The number of aromatic nitrogens is 2. The average molecular weight is 617 g/mol. The van der Waals surface area contributed by atoms with Gasteiger partial charge in [0.1, 0.15) is 0 Å². The molecule has 1 atom stereocenters. The van der Waals surface area contributed by atoms with Gasteiger partial charge < -0.3 is 0 Å². The number of rotatable bonds is 11. The molecule has 43 heavy (non-hydrogen) atoms. The summed E-state index contributed by atoms with van der Waals surface area (Å²) in [6.07, 6.45) is 2.82. The Morgan fingerprint density at radius 1 is 0.512 bits per heavy atom. The smallest absolute Gasteiger partial charge is 0.200 e. The average Bonchev–Trinajstić information content (AvgIpc) is 3.01. The van der Waals surface area contributed by atoms with Crippen molar-refractivity contribution in [2.45, 2.75) is 39.1 Å². The van der Waals surface area contributed by atoms with Crippen LogP contribution in [0.3, 0.4) is 0 Å². The molecule has 2 heterocycles. The highest BCUT2D eigenvalue weighted by Crippen LogP contribution is 2.27. The fourth-order valence-corrected chi connectivity index (χ4v) is 4.47. The molecule has 4 aromatic rings. The summed E-state index contributed by atoms with van der Waals surface area (Å²) in [4.78, 5) is 10.8. The van der Waals surface area contributed by atoms with E-state index < -0.39 is 88.4 Å². The lowest BCUT2D eigenvalue weighted by molar-refractivity contribution is 0.120. The molecule has 4 nitrogen and oxygen atoms in total. The molecule has 14 heteroatoms. The number of nitrogens with zero attached hydrogens (tertiary/aromatic N) is 4. The minimum Gasteiger partial charge on any atom is -0.291 e. The van der Waals surface area contributed by atoms with Crippen LogP contribution in [0.2, 0.25) is 0 Å². The maximum absolute atomic E-state index is 14.6. The molecule has 0 aliphatic heterocycles. The minimum atomic E-state index is -2.33. The summed E-state index contributed by atoms with van der Waals surface area (Å²) in [5.41, 5.74) is -1.57. The molecule has 0 spiro atoms. The van der Waals surface area contributed by atoms with E-state index in [1.54, 1.807) is 30.3 Å². The third-order valence-corrected chi connectivity index (χ3v) is 6.69. The zero-order chi connectivity index (χ0) is 31.4. The van der Waals surface area contributed by atoms with E-state index in [9.17, 15) is 43.9 Å². The molecule has 2 aromatic carbocycles. The molecule has 0 aliphatic rings. The van der Waals surface area contributed by atoms with Crippen LogP contribution in [0.4, 0.5) is 43.9 Å². The molecule has 4 rings (SSSR count). The molecule has 228 valence electrons. The van der Waals surface area contributed by atoms with Gasteiger partial charge in [0.25, 0.3) is 0 Å². The molecule has 0 amide bonds. The van der Waals surface area contributed by atoms with E-state index >= 15 is 0 Å².